The van der Waals surface area contributed by atoms with Gasteiger partial charge in [0, 0.05) is 38.7 Å². The van der Waals surface area contributed by atoms with Crippen LogP contribution in [-0.4, -0.2) is 0 Å². The second kappa shape index (κ2) is 15.2. The van der Waals surface area contributed by atoms with Gasteiger partial charge in [0.05, 0.1) is 0 Å². The number of hydrogen-bond donors (Lipinski definition) is 0. The molecule has 2 nitrogen and oxygen atoms in total. The van der Waals surface area contributed by atoms with Gasteiger partial charge in [-0.2, -0.15) is 0 Å². The standard InChI is InChI=1S/C66H49NO/c1-65(2)59-37-47(43-15-9-6-10-16-43)25-32-53(59)55-35-30-51(40-61(55)65)67(50-28-23-46(24-29-50)45-21-19-44(20-22-45)42-13-7-5-8-14-42)52-31-36-56-54-33-26-48(38-60(54)66(3,4)62(56)41-52)49-27-34-58-57-17-11-12-18-63(57)68-64(58)39-49/h5-41H,1-4H3. The maximum Gasteiger partial charge on any atom is 0.136 e. The highest BCUT2D eigenvalue weighted by atomic mass is 16.3. The lowest BCUT2D eigenvalue weighted by Gasteiger charge is -2.30. The molecule has 1 aromatic heterocycles. The summed E-state index contributed by atoms with van der Waals surface area (Å²) in [6.07, 6.45) is 0. The van der Waals surface area contributed by atoms with Gasteiger partial charge in [-0.25, -0.2) is 0 Å². The van der Waals surface area contributed by atoms with E-state index in [2.05, 4.69) is 245 Å². The number of para-hydroxylation sites is 1. The third kappa shape index (κ3) is 6.32. The fourth-order valence-corrected chi connectivity index (χ4v) is 11.4. The number of hydrogen-bond acceptors (Lipinski definition) is 2. The molecule has 2 heteroatoms. The average molecular weight is 872 g/mol. The van der Waals surface area contributed by atoms with Gasteiger partial charge in [-0.05, 0) is 156 Å². The van der Waals surface area contributed by atoms with E-state index in [1.54, 1.807) is 0 Å². The van der Waals surface area contributed by atoms with Gasteiger partial charge in [0.25, 0.3) is 0 Å². The van der Waals surface area contributed by atoms with Crippen molar-refractivity contribution in [3.8, 4) is 66.8 Å². The molecule has 10 aromatic carbocycles. The Kier molecular flexibility index (Phi) is 8.95. The van der Waals surface area contributed by atoms with E-state index >= 15 is 0 Å². The number of fused-ring (bicyclic) bond motifs is 9. The van der Waals surface area contributed by atoms with Crippen LogP contribution >= 0.6 is 0 Å². The molecule has 2 aliphatic carbocycles. The van der Waals surface area contributed by atoms with Crippen LogP contribution in [0.4, 0.5) is 17.1 Å². The minimum Gasteiger partial charge on any atom is -0.456 e. The van der Waals surface area contributed by atoms with Crippen LogP contribution in [0.5, 0.6) is 0 Å². The summed E-state index contributed by atoms with van der Waals surface area (Å²) >= 11 is 0. The van der Waals surface area contributed by atoms with Gasteiger partial charge in [0.1, 0.15) is 11.2 Å². The summed E-state index contributed by atoms with van der Waals surface area (Å²) in [6.45, 7) is 9.54. The third-order valence-electron chi connectivity index (χ3n) is 15.1. The summed E-state index contributed by atoms with van der Waals surface area (Å²) in [5, 5.41) is 2.30. The van der Waals surface area contributed by atoms with Crippen molar-refractivity contribution in [2.75, 3.05) is 4.90 Å². The van der Waals surface area contributed by atoms with Crippen molar-refractivity contribution in [2.45, 2.75) is 38.5 Å². The number of anilines is 3. The molecule has 68 heavy (non-hydrogen) atoms. The fourth-order valence-electron chi connectivity index (χ4n) is 11.4. The summed E-state index contributed by atoms with van der Waals surface area (Å²) in [5.41, 5.74) is 25.1. The van der Waals surface area contributed by atoms with Crippen molar-refractivity contribution in [1.29, 1.82) is 0 Å². The van der Waals surface area contributed by atoms with Crippen LogP contribution in [-0.2, 0) is 10.8 Å². The highest BCUT2D eigenvalue weighted by Crippen LogP contribution is 2.54. The van der Waals surface area contributed by atoms with Crippen molar-refractivity contribution in [3.63, 3.8) is 0 Å². The topological polar surface area (TPSA) is 16.4 Å². The van der Waals surface area contributed by atoms with Crippen molar-refractivity contribution >= 4 is 39.0 Å². The molecule has 0 atom stereocenters. The van der Waals surface area contributed by atoms with Gasteiger partial charge < -0.3 is 9.32 Å². The number of benzene rings is 10. The molecule has 0 unspecified atom stereocenters. The molecule has 0 N–H and O–H groups in total. The molecule has 324 valence electrons. The van der Waals surface area contributed by atoms with Crippen LogP contribution in [0.25, 0.3) is 88.7 Å². The minimum absolute atomic E-state index is 0.193. The molecular formula is C66H49NO. The summed E-state index contributed by atoms with van der Waals surface area (Å²) < 4.78 is 6.32. The first-order valence-corrected chi connectivity index (χ1v) is 23.8. The molecule has 13 rings (SSSR count). The smallest absolute Gasteiger partial charge is 0.136 e. The Morgan fingerprint density at radius 2 is 0.632 bits per heavy atom. The zero-order chi connectivity index (χ0) is 45.7. The Morgan fingerprint density at radius 1 is 0.279 bits per heavy atom. The van der Waals surface area contributed by atoms with E-state index in [1.165, 1.54) is 83.5 Å². The SMILES string of the molecule is CC1(C)c2cc(-c3ccccc3)ccc2-c2ccc(N(c3ccc(-c4ccc(-c5ccccc5)cc4)cc3)c3ccc4c(c3)C(C)(C)c3cc(-c5ccc6c(c5)oc5ccccc56)ccc3-4)cc21. The largest absolute Gasteiger partial charge is 0.456 e. The van der Waals surface area contributed by atoms with Gasteiger partial charge in [-0.15, -0.1) is 0 Å². The number of furan rings is 1. The molecule has 0 fully saturated rings. The van der Waals surface area contributed by atoms with E-state index in [0.29, 0.717) is 0 Å². The molecule has 0 radical (unpaired) electrons. The van der Waals surface area contributed by atoms with Crippen LogP contribution in [0.2, 0.25) is 0 Å². The van der Waals surface area contributed by atoms with Crippen LogP contribution in [0.1, 0.15) is 49.9 Å². The Hall–Kier alpha value is -8.20. The van der Waals surface area contributed by atoms with Crippen LogP contribution in [0.3, 0.4) is 0 Å². The number of nitrogens with zero attached hydrogens (tertiary/aromatic N) is 1. The zero-order valence-electron chi connectivity index (χ0n) is 38.7. The Labute approximate surface area is 398 Å². The van der Waals surface area contributed by atoms with E-state index in [9.17, 15) is 0 Å². The maximum atomic E-state index is 6.32. The molecule has 11 aromatic rings. The normalized spacial score (nSPS) is 13.8. The summed E-state index contributed by atoms with van der Waals surface area (Å²) in [5.74, 6) is 0. The first-order chi connectivity index (χ1) is 33.2. The monoisotopic (exact) mass is 871 g/mol. The quantitative estimate of drug-likeness (QED) is 0.159. The highest BCUT2D eigenvalue weighted by Gasteiger charge is 2.38. The van der Waals surface area contributed by atoms with Crippen LogP contribution in [0, 0.1) is 0 Å². The maximum absolute atomic E-state index is 6.32. The van der Waals surface area contributed by atoms with E-state index in [1.807, 2.05) is 12.1 Å². The molecular weight excluding hydrogens is 823 g/mol. The third-order valence-corrected chi connectivity index (χ3v) is 15.1. The number of rotatable bonds is 7. The predicted octanol–water partition coefficient (Wildman–Crippen LogP) is 18.3. The second-order valence-electron chi connectivity index (χ2n) is 19.7. The van der Waals surface area contributed by atoms with E-state index in [4.69, 9.17) is 4.42 Å². The lowest BCUT2D eigenvalue weighted by atomic mass is 9.81. The Balaban J connectivity index is 0.894. The second-order valence-corrected chi connectivity index (χ2v) is 19.7. The molecule has 0 spiro atoms. The first kappa shape index (κ1) is 40.1. The van der Waals surface area contributed by atoms with Gasteiger partial charge in [-0.3, -0.25) is 0 Å². The van der Waals surface area contributed by atoms with Crippen LogP contribution in [0.15, 0.2) is 229 Å². The molecule has 0 amide bonds. The van der Waals surface area contributed by atoms with Gasteiger partial charge >= 0.3 is 0 Å². The van der Waals surface area contributed by atoms with E-state index in [-0.39, 0.29) is 10.8 Å². The summed E-state index contributed by atoms with van der Waals surface area (Å²) in [7, 11) is 0. The zero-order valence-corrected chi connectivity index (χ0v) is 38.7. The van der Waals surface area contributed by atoms with Crippen molar-refractivity contribution < 1.29 is 4.42 Å². The van der Waals surface area contributed by atoms with Crippen molar-refractivity contribution in [2.24, 2.45) is 0 Å². The Morgan fingerprint density at radius 3 is 1.18 bits per heavy atom. The minimum atomic E-state index is -0.236. The summed E-state index contributed by atoms with van der Waals surface area (Å²) in [4.78, 5) is 2.46. The first-order valence-electron chi connectivity index (χ1n) is 23.8. The Bertz CT molecular complexity index is 3760. The lowest BCUT2D eigenvalue weighted by Crippen LogP contribution is -2.18. The molecule has 1 heterocycles. The highest BCUT2D eigenvalue weighted by molar-refractivity contribution is 6.06. The van der Waals surface area contributed by atoms with E-state index in [0.717, 1.165) is 44.6 Å². The lowest BCUT2D eigenvalue weighted by molar-refractivity contribution is 0.660. The molecule has 2 aliphatic rings. The van der Waals surface area contributed by atoms with Gasteiger partial charge in [0.15, 0.2) is 0 Å². The fraction of sp³-hybridized carbons (Fsp3) is 0.0909. The van der Waals surface area contributed by atoms with Crippen LogP contribution < -0.4 is 4.90 Å². The van der Waals surface area contributed by atoms with Crippen molar-refractivity contribution in [1.82, 2.24) is 0 Å². The molecule has 0 saturated carbocycles. The molecule has 0 aliphatic heterocycles. The van der Waals surface area contributed by atoms with Gasteiger partial charge in [-0.1, -0.05) is 185 Å². The van der Waals surface area contributed by atoms with Crippen molar-refractivity contribution in [3.05, 3.63) is 247 Å². The summed E-state index contributed by atoms with van der Waals surface area (Å²) in [6, 6.07) is 82.6. The van der Waals surface area contributed by atoms with Gasteiger partial charge in [0.2, 0.25) is 0 Å². The molecule has 0 bridgehead atoms. The van der Waals surface area contributed by atoms with E-state index < -0.39 is 0 Å². The molecule has 0 saturated heterocycles. The average Bonchev–Trinajstić information content (AvgIpc) is 3.95. The predicted molar refractivity (Wildman–Crippen MR) is 285 cm³/mol.